The first-order chi connectivity index (χ1) is 21.7. The lowest BCUT2D eigenvalue weighted by atomic mass is 9.85. The fourth-order valence-electron chi connectivity index (χ4n) is 6.90. The van der Waals surface area contributed by atoms with Gasteiger partial charge < -0.3 is 9.52 Å². The molecule has 0 amide bonds. The number of phenols is 1. The van der Waals surface area contributed by atoms with Crippen LogP contribution in [0.15, 0.2) is 156 Å². The van der Waals surface area contributed by atoms with E-state index in [9.17, 15) is 5.11 Å². The lowest BCUT2D eigenvalue weighted by Gasteiger charge is -2.18. The lowest BCUT2D eigenvalue weighted by Crippen LogP contribution is -1.91. The second kappa shape index (κ2) is 9.58. The van der Waals surface area contributed by atoms with E-state index in [2.05, 4.69) is 127 Å². The number of benzene rings is 8. The summed E-state index contributed by atoms with van der Waals surface area (Å²) in [5.74, 6) is 0.269. The third-order valence-corrected chi connectivity index (χ3v) is 8.93. The van der Waals surface area contributed by atoms with Crippen LogP contribution in [0.4, 0.5) is 0 Å². The van der Waals surface area contributed by atoms with Crippen LogP contribution in [-0.2, 0) is 0 Å². The number of furan rings is 1. The molecule has 0 saturated carbocycles. The summed E-state index contributed by atoms with van der Waals surface area (Å²) >= 11 is 0. The van der Waals surface area contributed by atoms with Gasteiger partial charge in [0.05, 0.1) is 0 Å². The Morgan fingerprint density at radius 3 is 1.61 bits per heavy atom. The number of fused-ring (bicyclic) bond motifs is 6. The number of hydrogen-bond donors (Lipinski definition) is 1. The van der Waals surface area contributed by atoms with E-state index in [0.717, 1.165) is 76.9 Å². The van der Waals surface area contributed by atoms with E-state index < -0.39 is 0 Å². The van der Waals surface area contributed by atoms with Crippen molar-refractivity contribution in [2.45, 2.75) is 0 Å². The van der Waals surface area contributed by atoms with Crippen LogP contribution >= 0.6 is 0 Å². The first-order valence-corrected chi connectivity index (χ1v) is 14.9. The summed E-state index contributed by atoms with van der Waals surface area (Å²) in [6, 6.07) is 52.6. The Morgan fingerprint density at radius 2 is 0.932 bits per heavy atom. The van der Waals surface area contributed by atoms with Crippen LogP contribution in [0.2, 0.25) is 0 Å². The summed E-state index contributed by atoms with van der Waals surface area (Å²) in [4.78, 5) is 0. The van der Waals surface area contributed by atoms with Gasteiger partial charge >= 0.3 is 0 Å². The first kappa shape index (κ1) is 24.7. The lowest BCUT2D eigenvalue weighted by molar-refractivity contribution is 0.477. The molecule has 8 aromatic carbocycles. The fraction of sp³-hybridized carbons (Fsp3) is 0. The molecule has 0 aliphatic carbocycles. The van der Waals surface area contributed by atoms with E-state index in [-0.39, 0.29) is 5.75 Å². The second-order valence-electron chi connectivity index (χ2n) is 11.4. The Bertz CT molecular complexity index is 2500. The van der Waals surface area contributed by atoms with Gasteiger partial charge in [0.1, 0.15) is 16.9 Å². The van der Waals surface area contributed by atoms with E-state index in [4.69, 9.17) is 4.42 Å². The molecular formula is C42H26O2. The largest absolute Gasteiger partial charge is 0.507 e. The molecule has 1 N–H and O–H groups in total. The minimum Gasteiger partial charge on any atom is -0.507 e. The summed E-state index contributed by atoms with van der Waals surface area (Å²) in [5, 5.41) is 20.5. The molecule has 0 spiro atoms. The third-order valence-electron chi connectivity index (χ3n) is 8.93. The Morgan fingerprint density at radius 1 is 0.364 bits per heavy atom. The second-order valence-corrected chi connectivity index (χ2v) is 11.4. The quantitative estimate of drug-likeness (QED) is 0.217. The van der Waals surface area contributed by atoms with E-state index in [1.165, 1.54) is 10.8 Å². The zero-order valence-corrected chi connectivity index (χ0v) is 23.8. The molecule has 0 fully saturated rings. The molecular weight excluding hydrogens is 536 g/mol. The van der Waals surface area contributed by atoms with Crippen LogP contribution in [-0.4, -0.2) is 5.11 Å². The van der Waals surface area contributed by atoms with Gasteiger partial charge in [-0.1, -0.05) is 121 Å². The molecule has 1 heterocycles. The highest BCUT2D eigenvalue weighted by Gasteiger charge is 2.19. The zero-order valence-electron chi connectivity index (χ0n) is 23.8. The van der Waals surface area contributed by atoms with Crippen LogP contribution in [0.3, 0.4) is 0 Å². The topological polar surface area (TPSA) is 33.4 Å². The SMILES string of the molecule is Oc1cc(-c2ccccc2)ccc1-c1c2ccccc2c(-c2ccc3c(c2)oc2cc4ccccc4cc23)c2ccccc12. The van der Waals surface area contributed by atoms with Gasteiger partial charge in [-0.05, 0) is 84.9 Å². The van der Waals surface area contributed by atoms with Crippen molar-refractivity contribution in [1.29, 1.82) is 0 Å². The van der Waals surface area contributed by atoms with E-state index in [1.807, 2.05) is 24.3 Å². The molecule has 0 unspecified atom stereocenters. The third kappa shape index (κ3) is 3.75. The number of rotatable bonds is 3. The van der Waals surface area contributed by atoms with Crippen molar-refractivity contribution < 1.29 is 9.52 Å². The van der Waals surface area contributed by atoms with Gasteiger partial charge in [-0.3, -0.25) is 0 Å². The van der Waals surface area contributed by atoms with E-state index in [1.54, 1.807) is 0 Å². The molecule has 2 nitrogen and oxygen atoms in total. The first-order valence-electron chi connectivity index (χ1n) is 14.9. The summed E-state index contributed by atoms with van der Waals surface area (Å²) < 4.78 is 6.47. The van der Waals surface area contributed by atoms with Gasteiger partial charge in [-0.15, -0.1) is 0 Å². The minimum atomic E-state index is 0.269. The Balaban J connectivity index is 1.29. The highest BCUT2D eigenvalue weighted by Crippen LogP contribution is 2.47. The molecule has 44 heavy (non-hydrogen) atoms. The molecule has 0 bridgehead atoms. The van der Waals surface area contributed by atoms with Gasteiger partial charge in [0, 0.05) is 21.9 Å². The average molecular weight is 563 g/mol. The molecule has 0 aliphatic heterocycles. The van der Waals surface area contributed by atoms with Crippen LogP contribution in [0.5, 0.6) is 5.75 Å². The van der Waals surface area contributed by atoms with Gasteiger partial charge in [0.15, 0.2) is 0 Å². The maximum atomic E-state index is 11.5. The predicted molar refractivity (Wildman–Crippen MR) is 184 cm³/mol. The Hall–Kier alpha value is -5.86. The number of aromatic hydroxyl groups is 1. The zero-order chi connectivity index (χ0) is 29.2. The van der Waals surface area contributed by atoms with Crippen LogP contribution in [0, 0.1) is 0 Å². The van der Waals surface area contributed by atoms with Gasteiger partial charge in [-0.2, -0.15) is 0 Å². The van der Waals surface area contributed by atoms with Crippen molar-refractivity contribution in [1.82, 2.24) is 0 Å². The molecule has 9 rings (SSSR count). The van der Waals surface area contributed by atoms with Crippen LogP contribution in [0.1, 0.15) is 0 Å². The van der Waals surface area contributed by atoms with Gasteiger partial charge in [-0.25, -0.2) is 0 Å². The predicted octanol–water partition coefficient (Wildman–Crippen LogP) is 11.8. The maximum Gasteiger partial charge on any atom is 0.136 e. The summed E-state index contributed by atoms with van der Waals surface area (Å²) in [5.41, 5.74) is 7.96. The van der Waals surface area contributed by atoms with Crippen molar-refractivity contribution in [3.05, 3.63) is 152 Å². The summed E-state index contributed by atoms with van der Waals surface area (Å²) in [7, 11) is 0. The van der Waals surface area contributed by atoms with Gasteiger partial charge in [0.25, 0.3) is 0 Å². The molecule has 0 saturated heterocycles. The molecule has 0 atom stereocenters. The smallest absolute Gasteiger partial charge is 0.136 e. The monoisotopic (exact) mass is 562 g/mol. The van der Waals surface area contributed by atoms with E-state index in [0.29, 0.717) is 0 Å². The van der Waals surface area contributed by atoms with Crippen molar-refractivity contribution in [3.8, 4) is 39.1 Å². The standard InChI is InChI=1S/C42H26O2/c43-38-23-29(26-10-2-1-3-11-26)18-21-36(38)42-34-16-8-6-14-32(34)41(33-15-7-9-17-35(33)42)30-19-20-31-37-22-27-12-4-5-13-28(27)24-40(37)44-39(31)25-30/h1-25,43H. The van der Waals surface area contributed by atoms with E-state index >= 15 is 0 Å². The molecule has 9 aromatic rings. The number of hydrogen-bond acceptors (Lipinski definition) is 2. The normalized spacial score (nSPS) is 11.7. The average Bonchev–Trinajstić information content (AvgIpc) is 3.43. The molecule has 206 valence electrons. The van der Waals surface area contributed by atoms with Crippen LogP contribution < -0.4 is 0 Å². The molecule has 2 heteroatoms. The van der Waals surface area contributed by atoms with Crippen molar-refractivity contribution in [2.75, 3.05) is 0 Å². The summed E-state index contributed by atoms with van der Waals surface area (Å²) in [6.07, 6.45) is 0. The van der Waals surface area contributed by atoms with Gasteiger partial charge in [0.2, 0.25) is 0 Å². The molecule has 0 aliphatic rings. The van der Waals surface area contributed by atoms with Crippen molar-refractivity contribution >= 4 is 54.3 Å². The molecule has 1 aromatic heterocycles. The van der Waals surface area contributed by atoms with Crippen LogP contribution in [0.25, 0.3) is 87.6 Å². The highest BCUT2D eigenvalue weighted by atomic mass is 16.3. The minimum absolute atomic E-state index is 0.269. The highest BCUT2D eigenvalue weighted by molar-refractivity contribution is 6.22. The Labute approximate surface area is 254 Å². The summed E-state index contributed by atoms with van der Waals surface area (Å²) in [6.45, 7) is 0. The fourth-order valence-corrected chi connectivity index (χ4v) is 6.90. The van der Waals surface area contributed by atoms with Crippen molar-refractivity contribution in [2.24, 2.45) is 0 Å². The van der Waals surface area contributed by atoms with Crippen molar-refractivity contribution in [3.63, 3.8) is 0 Å². The Kier molecular flexibility index (Phi) is 5.38. The maximum absolute atomic E-state index is 11.5. The molecule has 0 radical (unpaired) electrons. The number of phenolic OH excluding ortho intramolecular Hbond substituents is 1.